The number of piperidine rings is 1. The summed E-state index contributed by atoms with van der Waals surface area (Å²) >= 11 is 0. The van der Waals surface area contributed by atoms with Gasteiger partial charge in [0, 0.05) is 20.2 Å². The van der Waals surface area contributed by atoms with Crippen molar-refractivity contribution in [3.63, 3.8) is 0 Å². The molecular weight excluding hydrogens is 332 g/mol. The zero-order valence-corrected chi connectivity index (χ0v) is 15.2. The van der Waals surface area contributed by atoms with Crippen molar-refractivity contribution in [2.24, 2.45) is 0 Å². The number of hydrogen-bond acceptors (Lipinski definition) is 5. The third-order valence-electron chi connectivity index (χ3n) is 4.75. The number of likely N-dealkylation sites (tertiary alicyclic amines) is 1. The molecule has 7 nitrogen and oxygen atoms in total. The van der Waals surface area contributed by atoms with E-state index >= 15 is 0 Å². The second-order valence-electron chi connectivity index (χ2n) is 6.56. The molecule has 1 aliphatic rings. The van der Waals surface area contributed by atoms with Gasteiger partial charge in [-0.2, -0.15) is 0 Å². The van der Waals surface area contributed by atoms with Crippen molar-refractivity contribution in [1.29, 1.82) is 0 Å². The number of nitrogens with one attached hydrogen (secondary N) is 1. The monoisotopic (exact) mass is 358 g/mol. The van der Waals surface area contributed by atoms with E-state index < -0.39 is 0 Å². The van der Waals surface area contributed by atoms with Gasteiger partial charge in [0.1, 0.15) is 0 Å². The molecule has 1 N–H and O–H groups in total. The van der Waals surface area contributed by atoms with Crippen molar-refractivity contribution in [2.75, 3.05) is 39.9 Å². The molecule has 0 atom stereocenters. The predicted molar refractivity (Wildman–Crippen MR) is 101 cm³/mol. The third-order valence-corrected chi connectivity index (χ3v) is 4.75. The molecule has 1 amide bonds. The second-order valence-corrected chi connectivity index (χ2v) is 6.56. The number of para-hydroxylation sites is 1. The molecule has 0 unspecified atom stereocenters. The summed E-state index contributed by atoms with van der Waals surface area (Å²) < 4.78 is 6.49. The van der Waals surface area contributed by atoms with Gasteiger partial charge < -0.3 is 15.0 Å². The maximum Gasteiger partial charge on any atom is 0.287 e. The number of hydrogen-bond donors (Lipinski definition) is 1. The first-order valence-corrected chi connectivity index (χ1v) is 9.20. The lowest BCUT2D eigenvalue weighted by atomic mass is 10.1. The molecule has 0 bridgehead atoms. The first kappa shape index (κ1) is 18.5. The lowest BCUT2D eigenvalue weighted by molar-refractivity contribution is 0.0927. The number of methoxy groups -OCH3 is 1. The Morgan fingerprint density at radius 2 is 1.96 bits per heavy atom. The summed E-state index contributed by atoms with van der Waals surface area (Å²) in [5.74, 6) is -0.176. The second kappa shape index (κ2) is 8.91. The van der Waals surface area contributed by atoms with Crippen LogP contribution in [0.15, 0.2) is 29.1 Å². The number of ether oxygens (including phenoxy) is 1. The smallest absolute Gasteiger partial charge is 0.287 e. The molecule has 0 radical (unpaired) electrons. The van der Waals surface area contributed by atoms with Gasteiger partial charge in [0.05, 0.1) is 24.1 Å². The van der Waals surface area contributed by atoms with E-state index in [-0.39, 0.29) is 17.3 Å². The average Bonchev–Trinajstić information content (AvgIpc) is 2.68. The Balaban J connectivity index is 1.77. The van der Waals surface area contributed by atoms with Gasteiger partial charge in [-0.1, -0.05) is 18.6 Å². The number of fused-ring (bicyclic) bond motifs is 1. The van der Waals surface area contributed by atoms with Crippen molar-refractivity contribution in [3.8, 4) is 0 Å². The van der Waals surface area contributed by atoms with E-state index in [1.165, 1.54) is 23.8 Å². The number of amides is 1. The molecule has 0 aliphatic carbocycles. The normalized spacial score (nSPS) is 15.3. The van der Waals surface area contributed by atoms with Gasteiger partial charge in [-0.15, -0.1) is 0 Å². The van der Waals surface area contributed by atoms with E-state index in [0.717, 1.165) is 19.6 Å². The fourth-order valence-corrected chi connectivity index (χ4v) is 3.32. The highest BCUT2D eigenvalue weighted by Crippen LogP contribution is 2.09. The summed E-state index contributed by atoms with van der Waals surface area (Å²) in [5.41, 5.74) is 0.321. The van der Waals surface area contributed by atoms with Gasteiger partial charge in [-0.05, 0) is 38.1 Å². The van der Waals surface area contributed by atoms with E-state index in [2.05, 4.69) is 15.2 Å². The number of carbonyl (C=O) groups is 1. The fourth-order valence-electron chi connectivity index (χ4n) is 3.32. The van der Waals surface area contributed by atoms with Crippen LogP contribution < -0.4 is 10.9 Å². The molecule has 1 aliphatic heterocycles. The van der Waals surface area contributed by atoms with Crippen molar-refractivity contribution < 1.29 is 9.53 Å². The molecular formula is C19H26N4O3. The Kier molecular flexibility index (Phi) is 6.35. The Labute approximate surface area is 153 Å². The minimum Gasteiger partial charge on any atom is -0.383 e. The highest BCUT2D eigenvalue weighted by atomic mass is 16.5. The van der Waals surface area contributed by atoms with E-state index in [0.29, 0.717) is 30.6 Å². The molecule has 2 heterocycles. The summed E-state index contributed by atoms with van der Waals surface area (Å²) in [7, 11) is 1.57. The minimum absolute atomic E-state index is 0.143. The Bertz CT molecular complexity index is 812. The van der Waals surface area contributed by atoms with E-state index in [9.17, 15) is 9.59 Å². The van der Waals surface area contributed by atoms with Gasteiger partial charge in [0.25, 0.3) is 11.5 Å². The lowest BCUT2D eigenvalue weighted by Crippen LogP contribution is -2.40. The predicted octanol–water partition coefficient (Wildman–Crippen LogP) is 1.26. The number of benzene rings is 1. The van der Waals surface area contributed by atoms with Crippen molar-refractivity contribution >= 4 is 16.8 Å². The Morgan fingerprint density at radius 1 is 1.19 bits per heavy atom. The van der Waals surface area contributed by atoms with E-state index in [4.69, 9.17) is 4.74 Å². The first-order valence-electron chi connectivity index (χ1n) is 9.20. The molecule has 1 fully saturated rings. The number of aromatic nitrogens is 2. The van der Waals surface area contributed by atoms with Gasteiger partial charge in [-0.3, -0.25) is 14.2 Å². The first-order chi connectivity index (χ1) is 12.7. The van der Waals surface area contributed by atoms with Crippen LogP contribution >= 0.6 is 0 Å². The standard InChI is InChI=1S/C19H26N4O3/c1-26-14-13-23-17(21-16-8-4-3-7-15(16)19(23)25)18(24)20-9-12-22-10-5-2-6-11-22/h3-4,7-8H,2,5-6,9-14H2,1H3,(H,20,24). The van der Waals surface area contributed by atoms with Crippen LogP contribution in [-0.2, 0) is 11.3 Å². The van der Waals surface area contributed by atoms with Crippen molar-refractivity contribution in [3.05, 3.63) is 40.4 Å². The van der Waals surface area contributed by atoms with Gasteiger partial charge in [0.2, 0.25) is 5.82 Å². The average molecular weight is 358 g/mol. The summed E-state index contributed by atoms with van der Waals surface area (Å²) in [4.78, 5) is 32.2. The van der Waals surface area contributed by atoms with Gasteiger partial charge in [-0.25, -0.2) is 4.98 Å². The van der Waals surface area contributed by atoms with Crippen LogP contribution in [0.1, 0.15) is 29.9 Å². The zero-order chi connectivity index (χ0) is 18.4. The molecule has 26 heavy (non-hydrogen) atoms. The Hall–Kier alpha value is -2.25. The maximum absolute atomic E-state index is 12.8. The molecule has 3 rings (SSSR count). The van der Waals surface area contributed by atoms with Crippen LogP contribution in [0, 0.1) is 0 Å². The molecule has 0 spiro atoms. The van der Waals surface area contributed by atoms with Crippen molar-refractivity contribution in [1.82, 2.24) is 19.8 Å². The van der Waals surface area contributed by atoms with Crippen LogP contribution in [-0.4, -0.2) is 60.3 Å². The Morgan fingerprint density at radius 3 is 2.73 bits per heavy atom. The number of rotatable bonds is 7. The number of nitrogens with zero attached hydrogens (tertiary/aromatic N) is 3. The molecule has 1 saturated heterocycles. The maximum atomic E-state index is 12.8. The number of carbonyl (C=O) groups excluding carboxylic acids is 1. The SMILES string of the molecule is COCCn1c(C(=O)NCCN2CCCCC2)nc2ccccc2c1=O. The van der Waals surface area contributed by atoms with E-state index in [1.54, 1.807) is 25.3 Å². The summed E-state index contributed by atoms with van der Waals surface area (Å²) in [5, 5.41) is 3.42. The molecule has 2 aromatic rings. The highest BCUT2D eigenvalue weighted by molar-refractivity contribution is 5.93. The van der Waals surface area contributed by atoms with Crippen LogP contribution in [0.25, 0.3) is 10.9 Å². The zero-order valence-electron chi connectivity index (χ0n) is 15.2. The van der Waals surface area contributed by atoms with Crippen molar-refractivity contribution in [2.45, 2.75) is 25.8 Å². The molecule has 1 aromatic carbocycles. The summed E-state index contributed by atoms with van der Waals surface area (Å²) in [6.07, 6.45) is 3.73. The van der Waals surface area contributed by atoms with Crippen LogP contribution in [0.2, 0.25) is 0 Å². The van der Waals surface area contributed by atoms with E-state index in [1.807, 2.05) is 6.07 Å². The van der Waals surface area contributed by atoms with Gasteiger partial charge in [0.15, 0.2) is 0 Å². The third kappa shape index (κ3) is 4.28. The molecule has 140 valence electrons. The molecule has 7 heteroatoms. The van der Waals surface area contributed by atoms with Crippen LogP contribution in [0.4, 0.5) is 0 Å². The highest BCUT2D eigenvalue weighted by Gasteiger charge is 2.17. The lowest BCUT2D eigenvalue weighted by Gasteiger charge is -2.26. The minimum atomic E-state index is -0.319. The van der Waals surface area contributed by atoms with Crippen LogP contribution in [0.3, 0.4) is 0 Å². The molecule has 0 saturated carbocycles. The molecule has 1 aromatic heterocycles. The van der Waals surface area contributed by atoms with Gasteiger partial charge >= 0.3 is 0 Å². The van der Waals surface area contributed by atoms with Crippen LogP contribution in [0.5, 0.6) is 0 Å². The quantitative estimate of drug-likeness (QED) is 0.806. The fraction of sp³-hybridized carbons (Fsp3) is 0.526. The topological polar surface area (TPSA) is 76.5 Å². The largest absolute Gasteiger partial charge is 0.383 e. The summed E-state index contributed by atoms with van der Waals surface area (Å²) in [6, 6.07) is 7.09. The summed E-state index contributed by atoms with van der Waals surface area (Å²) in [6.45, 7) is 4.18.